The van der Waals surface area contributed by atoms with Gasteiger partial charge in [0.2, 0.25) is 11.7 Å². The zero-order valence-electron chi connectivity index (χ0n) is 16.0. The minimum Gasteiger partial charge on any atom is -0.497 e. The van der Waals surface area contributed by atoms with Crippen LogP contribution in [0.5, 0.6) is 5.75 Å². The van der Waals surface area contributed by atoms with Crippen molar-refractivity contribution in [1.29, 1.82) is 0 Å². The van der Waals surface area contributed by atoms with Gasteiger partial charge >= 0.3 is 6.03 Å². The van der Waals surface area contributed by atoms with Crippen LogP contribution in [0, 0.1) is 11.6 Å². The van der Waals surface area contributed by atoms with Crippen molar-refractivity contribution in [2.45, 2.75) is 19.0 Å². The Morgan fingerprint density at radius 1 is 1.17 bits per heavy atom. The highest BCUT2D eigenvalue weighted by atomic mass is 19.2. The molecular weight excluding hydrogens is 398 g/mol. The number of hydrogen-bond acceptors (Lipinski definition) is 6. The summed E-state index contributed by atoms with van der Waals surface area (Å²) in [4.78, 5) is 30.4. The van der Waals surface area contributed by atoms with Gasteiger partial charge in [0.05, 0.1) is 7.11 Å². The lowest BCUT2D eigenvalue weighted by atomic mass is 9.92. The minimum absolute atomic E-state index is 0.0332. The standard InChI is InChI=1S/C20H16F2N4O4/c1-20(12-6-7-14(21)15(22)9-12)18(27)26(19(28)24-20)10-16-23-17(25-30-16)11-4-3-5-13(8-11)29-2/h3-9H,10H2,1-2H3,(H,24,28). The van der Waals surface area contributed by atoms with Crippen LogP contribution in [0.3, 0.4) is 0 Å². The molecular formula is C20H16F2N4O4. The number of methoxy groups -OCH3 is 1. The van der Waals surface area contributed by atoms with Crippen molar-refractivity contribution in [3.8, 4) is 17.1 Å². The molecule has 1 aliphatic rings. The molecule has 1 saturated heterocycles. The van der Waals surface area contributed by atoms with Crippen LogP contribution in [0.2, 0.25) is 0 Å². The van der Waals surface area contributed by atoms with Crippen molar-refractivity contribution >= 4 is 11.9 Å². The molecule has 0 saturated carbocycles. The van der Waals surface area contributed by atoms with Crippen molar-refractivity contribution in [3.05, 3.63) is 65.6 Å². The lowest BCUT2D eigenvalue weighted by Crippen LogP contribution is -2.41. The smallest absolute Gasteiger partial charge is 0.325 e. The summed E-state index contributed by atoms with van der Waals surface area (Å²) in [5.41, 5.74) is -0.806. The number of carbonyl (C=O) groups excluding carboxylic acids is 2. The molecule has 4 rings (SSSR count). The fraction of sp³-hybridized carbons (Fsp3) is 0.200. The van der Waals surface area contributed by atoms with Gasteiger partial charge in [-0.25, -0.2) is 13.6 Å². The number of amides is 3. The van der Waals surface area contributed by atoms with Crippen molar-refractivity contribution < 1.29 is 27.6 Å². The molecule has 3 aromatic rings. The topological polar surface area (TPSA) is 97.6 Å². The van der Waals surface area contributed by atoms with Crippen LogP contribution >= 0.6 is 0 Å². The zero-order chi connectivity index (χ0) is 21.5. The van der Waals surface area contributed by atoms with E-state index in [2.05, 4.69) is 15.5 Å². The number of carbonyl (C=O) groups is 2. The number of benzene rings is 2. The average Bonchev–Trinajstić information content (AvgIpc) is 3.29. The molecule has 30 heavy (non-hydrogen) atoms. The van der Waals surface area contributed by atoms with E-state index in [0.717, 1.165) is 17.0 Å². The van der Waals surface area contributed by atoms with E-state index in [-0.39, 0.29) is 23.8 Å². The van der Waals surface area contributed by atoms with E-state index in [1.54, 1.807) is 24.3 Å². The molecule has 0 bridgehead atoms. The fourth-order valence-electron chi connectivity index (χ4n) is 3.18. The molecule has 2 heterocycles. The van der Waals surface area contributed by atoms with E-state index in [4.69, 9.17) is 9.26 Å². The maximum atomic E-state index is 13.6. The summed E-state index contributed by atoms with van der Waals surface area (Å²) >= 11 is 0. The number of imide groups is 1. The zero-order valence-corrected chi connectivity index (χ0v) is 16.0. The van der Waals surface area contributed by atoms with Crippen LogP contribution in [0.25, 0.3) is 11.4 Å². The first kappa shape index (κ1) is 19.5. The second-order valence-electron chi connectivity index (χ2n) is 6.82. The van der Waals surface area contributed by atoms with Crippen molar-refractivity contribution in [3.63, 3.8) is 0 Å². The quantitative estimate of drug-likeness (QED) is 0.645. The van der Waals surface area contributed by atoms with Gasteiger partial charge in [0.15, 0.2) is 11.6 Å². The van der Waals surface area contributed by atoms with E-state index in [1.807, 2.05) is 0 Å². The molecule has 1 atom stereocenters. The first-order valence-corrected chi connectivity index (χ1v) is 8.88. The molecule has 0 aliphatic carbocycles. The highest BCUT2D eigenvalue weighted by Crippen LogP contribution is 2.31. The Kier molecular flexibility index (Phi) is 4.69. The molecule has 1 N–H and O–H groups in total. The summed E-state index contributed by atoms with van der Waals surface area (Å²) < 4.78 is 37.2. The number of rotatable bonds is 5. The SMILES string of the molecule is COc1cccc(-c2noc(CN3C(=O)NC(C)(c4ccc(F)c(F)c4)C3=O)n2)c1. The highest BCUT2D eigenvalue weighted by Gasteiger charge is 2.49. The number of halogens is 2. The number of nitrogens with one attached hydrogen (secondary N) is 1. The molecule has 154 valence electrons. The number of aromatic nitrogens is 2. The second-order valence-corrected chi connectivity index (χ2v) is 6.82. The van der Waals surface area contributed by atoms with Gasteiger partial charge < -0.3 is 14.6 Å². The molecule has 0 spiro atoms. The Labute approximate surface area is 169 Å². The maximum Gasteiger partial charge on any atom is 0.325 e. The second kappa shape index (κ2) is 7.21. The summed E-state index contributed by atoms with van der Waals surface area (Å²) in [5.74, 6) is -1.92. The number of urea groups is 1. The molecule has 1 aliphatic heterocycles. The molecule has 1 fully saturated rings. The Balaban J connectivity index is 1.57. The lowest BCUT2D eigenvalue weighted by molar-refractivity contribution is -0.131. The fourth-order valence-corrected chi connectivity index (χ4v) is 3.18. The van der Waals surface area contributed by atoms with Gasteiger partial charge in [0.1, 0.15) is 17.8 Å². The lowest BCUT2D eigenvalue weighted by Gasteiger charge is -2.22. The monoisotopic (exact) mass is 414 g/mol. The molecule has 1 unspecified atom stereocenters. The van der Waals surface area contributed by atoms with E-state index in [0.29, 0.717) is 11.3 Å². The molecule has 8 nitrogen and oxygen atoms in total. The van der Waals surface area contributed by atoms with Crippen LogP contribution in [-0.2, 0) is 16.9 Å². The first-order valence-electron chi connectivity index (χ1n) is 8.88. The van der Waals surface area contributed by atoms with Gasteiger partial charge in [0.25, 0.3) is 5.91 Å². The molecule has 1 aromatic heterocycles. The van der Waals surface area contributed by atoms with Crippen LogP contribution < -0.4 is 10.1 Å². The third kappa shape index (κ3) is 3.25. The Morgan fingerprint density at radius 2 is 1.97 bits per heavy atom. The summed E-state index contributed by atoms with van der Waals surface area (Å²) in [6.45, 7) is 1.14. The number of hydrogen-bond donors (Lipinski definition) is 1. The molecule has 10 heteroatoms. The van der Waals surface area contributed by atoms with E-state index < -0.39 is 29.1 Å². The van der Waals surface area contributed by atoms with Crippen molar-refractivity contribution in [2.24, 2.45) is 0 Å². The van der Waals surface area contributed by atoms with E-state index in [9.17, 15) is 18.4 Å². The van der Waals surface area contributed by atoms with Gasteiger partial charge in [-0.2, -0.15) is 4.98 Å². The average molecular weight is 414 g/mol. The predicted molar refractivity (Wildman–Crippen MR) is 99.1 cm³/mol. The first-order chi connectivity index (χ1) is 14.3. The summed E-state index contributed by atoms with van der Waals surface area (Å²) in [6, 6.07) is 9.29. The van der Waals surface area contributed by atoms with Gasteiger partial charge in [0, 0.05) is 5.56 Å². The van der Waals surface area contributed by atoms with Crippen molar-refractivity contribution in [2.75, 3.05) is 7.11 Å². The summed E-state index contributed by atoms with van der Waals surface area (Å²) in [6.07, 6.45) is 0. The van der Waals surface area contributed by atoms with Crippen LogP contribution in [0.4, 0.5) is 13.6 Å². The molecule has 0 radical (unpaired) electrons. The number of nitrogens with zero attached hydrogens (tertiary/aromatic N) is 3. The van der Waals surface area contributed by atoms with Crippen LogP contribution in [0.1, 0.15) is 18.4 Å². The molecule has 2 aromatic carbocycles. The predicted octanol–water partition coefficient (Wildman–Crippen LogP) is 2.99. The Hall–Kier alpha value is -3.82. The normalized spacial score (nSPS) is 18.6. The summed E-state index contributed by atoms with van der Waals surface area (Å²) in [5, 5.41) is 6.38. The van der Waals surface area contributed by atoms with E-state index >= 15 is 0 Å². The van der Waals surface area contributed by atoms with Gasteiger partial charge in [-0.3, -0.25) is 9.69 Å². The van der Waals surface area contributed by atoms with Crippen LogP contribution in [0.15, 0.2) is 47.0 Å². The van der Waals surface area contributed by atoms with Crippen LogP contribution in [-0.4, -0.2) is 34.1 Å². The Bertz CT molecular complexity index is 1150. The van der Waals surface area contributed by atoms with E-state index in [1.165, 1.54) is 20.1 Å². The minimum atomic E-state index is -1.55. The molecule has 3 amide bonds. The Morgan fingerprint density at radius 3 is 2.70 bits per heavy atom. The highest BCUT2D eigenvalue weighted by molar-refractivity contribution is 6.07. The largest absolute Gasteiger partial charge is 0.497 e. The van der Waals surface area contributed by atoms with Gasteiger partial charge in [-0.15, -0.1) is 0 Å². The number of ether oxygens (including phenoxy) is 1. The maximum absolute atomic E-state index is 13.6. The van der Waals surface area contributed by atoms with Crippen molar-refractivity contribution in [1.82, 2.24) is 20.4 Å². The third-order valence-corrected chi connectivity index (χ3v) is 4.86. The third-order valence-electron chi connectivity index (χ3n) is 4.86. The van der Waals surface area contributed by atoms with Gasteiger partial charge in [-0.05, 0) is 36.8 Å². The van der Waals surface area contributed by atoms with Gasteiger partial charge in [-0.1, -0.05) is 23.4 Å². The summed E-state index contributed by atoms with van der Waals surface area (Å²) in [7, 11) is 1.53.